The molecule has 8 heteroatoms. The van der Waals surface area contributed by atoms with Crippen LogP contribution in [0.5, 0.6) is 0 Å². The molecule has 126 valence electrons. The number of hydrogen-bond acceptors (Lipinski definition) is 6. The molecule has 0 fully saturated rings. The first-order valence-electron chi connectivity index (χ1n) is 7.21. The van der Waals surface area contributed by atoms with Crippen LogP contribution < -0.4 is 11.1 Å². The smallest absolute Gasteiger partial charge is 0.269 e. The molecule has 0 aliphatic carbocycles. The topological polar surface area (TPSA) is 107 Å². The van der Waals surface area contributed by atoms with Crippen LogP contribution in [0, 0.1) is 0 Å². The van der Waals surface area contributed by atoms with E-state index >= 15 is 0 Å². The lowest BCUT2D eigenvalue weighted by molar-refractivity contribution is 0.0931. The van der Waals surface area contributed by atoms with Crippen LogP contribution in [0.1, 0.15) is 26.4 Å². The van der Waals surface area contributed by atoms with Crippen LogP contribution in [0.3, 0.4) is 0 Å². The minimum Gasteiger partial charge on any atom is -0.383 e. The minimum atomic E-state index is -0.515. The number of thioether (sulfide) groups is 1. The molecule has 0 aromatic carbocycles. The third-order valence-corrected chi connectivity index (χ3v) is 4.14. The molecule has 0 spiro atoms. The second-order valence-electron chi connectivity index (χ2n) is 4.81. The first-order chi connectivity index (χ1) is 11.6. The van der Waals surface area contributed by atoms with Gasteiger partial charge in [0.25, 0.3) is 11.8 Å². The number of ether oxygens (including phenoxy) is 1. The van der Waals surface area contributed by atoms with Crippen LogP contribution in [-0.4, -0.2) is 42.0 Å². The van der Waals surface area contributed by atoms with E-state index in [1.165, 1.54) is 11.8 Å². The summed E-state index contributed by atoms with van der Waals surface area (Å²) in [6.07, 6.45) is 3.19. The van der Waals surface area contributed by atoms with Crippen molar-refractivity contribution in [3.05, 3.63) is 53.5 Å². The summed E-state index contributed by atoms with van der Waals surface area (Å²) in [6.45, 7) is 0.864. The molecule has 2 aromatic rings. The van der Waals surface area contributed by atoms with Gasteiger partial charge in [-0.3, -0.25) is 14.6 Å². The van der Waals surface area contributed by atoms with E-state index in [9.17, 15) is 9.59 Å². The highest BCUT2D eigenvalue weighted by molar-refractivity contribution is 7.98. The van der Waals surface area contributed by atoms with Crippen molar-refractivity contribution in [2.45, 2.75) is 10.8 Å². The van der Waals surface area contributed by atoms with E-state index in [1.54, 1.807) is 37.7 Å². The van der Waals surface area contributed by atoms with Gasteiger partial charge in [0.1, 0.15) is 10.7 Å². The Morgan fingerprint density at radius 2 is 2.12 bits per heavy atom. The summed E-state index contributed by atoms with van der Waals surface area (Å²) in [4.78, 5) is 31.6. The number of carbonyl (C=O) groups is 2. The molecule has 0 atom stereocenters. The zero-order chi connectivity index (χ0) is 17.4. The van der Waals surface area contributed by atoms with E-state index < -0.39 is 5.91 Å². The van der Waals surface area contributed by atoms with E-state index in [2.05, 4.69) is 15.3 Å². The number of hydrogen-bond donors (Lipinski definition) is 2. The van der Waals surface area contributed by atoms with Gasteiger partial charge in [-0.15, -0.1) is 11.8 Å². The molecule has 0 aliphatic heterocycles. The number of methoxy groups -OCH3 is 1. The van der Waals surface area contributed by atoms with Crippen molar-refractivity contribution in [2.75, 3.05) is 20.3 Å². The average Bonchev–Trinajstić information content (AvgIpc) is 2.60. The molecule has 0 aliphatic rings. The van der Waals surface area contributed by atoms with Crippen LogP contribution in [0.25, 0.3) is 0 Å². The van der Waals surface area contributed by atoms with E-state index in [0.29, 0.717) is 35.2 Å². The van der Waals surface area contributed by atoms with E-state index in [-0.39, 0.29) is 5.91 Å². The van der Waals surface area contributed by atoms with Crippen LogP contribution in [0.15, 0.2) is 41.7 Å². The van der Waals surface area contributed by atoms with Gasteiger partial charge in [-0.25, -0.2) is 4.98 Å². The Kier molecular flexibility index (Phi) is 6.71. The van der Waals surface area contributed by atoms with E-state index in [1.807, 2.05) is 6.07 Å². The minimum absolute atomic E-state index is 0.255. The van der Waals surface area contributed by atoms with Crippen molar-refractivity contribution in [3.8, 4) is 0 Å². The predicted octanol–water partition coefficient (Wildman–Crippen LogP) is 1.24. The average molecular weight is 346 g/mol. The lowest BCUT2D eigenvalue weighted by Crippen LogP contribution is -2.27. The Morgan fingerprint density at radius 1 is 1.29 bits per heavy atom. The van der Waals surface area contributed by atoms with Gasteiger partial charge < -0.3 is 15.8 Å². The summed E-state index contributed by atoms with van der Waals surface area (Å²) in [5, 5.41) is 3.28. The van der Waals surface area contributed by atoms with Gasteiger partial charge >= 0.3 is 0 Å². The van der Waals surface area contributed by atoms with Crippen molar-refractivity contribution in [3.63, 3.8) is 0 Å². The first kappa shape index (κ1) is 17.9. The molecule has 24 heavy (non-hydrogen) atoms. The summed E-state index contributed by atoms with van der Waals surface area (Å²) in [5.41, 5.74) is 6.95. The second-order valence-corrected chi connectivity index (χ2v) is 5.77. The fraction of sp³-hybridized carbons (Fsp3) is 0.250. The van der Waals surface area contributed by atoms with Gasteiger partial charge in [0, 0.05) is 31.8 Å². The maximum absolute atomic E-state index is 12.0. The highest BCUT2D eigenvalue weighted by atomic mass is 32.2. The van der Waals surface area contributed by atoms with Crippen molar-refractivity contribution >= 4 is 23.6 Å². The fourth-order valence-corrected chi connectivity index (χ4v) is 2.83. The standard InChI is InChI=1S/C16H18N4O3S/c1-23-8-7-19-15(22)13-9-11(4-6-18-13)10-24-16-12(14(17)21)3-2-5-20-16/h2-6,9H,7-8,10H2,1H3,(H2,17,21)(H,19,22). The van der Waals surface area contributed by atoms with Crippen molar-refractivity contribution in [1.82, 2.24) is 15.3 Å². The Bertz CT molecular complexity index is 724. The maximum Gasteiger partial charge on any atom is 0.269 e. The molecule has 2 aromatic heterocycles. The van der Waals surface area contributed by atoms with Gasteiger partial charge in [-0.2, -0.15) is 0 Å². The van der Waals surface area contributed by atoms with Crippen LogP contribution in [0.4, 0.5) is 0 Å². The van der Waals surface area contributed by atoms with Gasteiger partial charge in [0.05, 0.1) is 12.2 Å². The summed E-state index contributed by atoms with van der Waals surface area (Å²) < 4.78 is 4.89. The molecule has 0 saturated heterocycles. The Labute approximate surface area is 144 Å². The van der Waals surface area contributed by atoms with E-state index in [0.717, 1.165) is 5.56 Å². The number of nitrogens with one attached hydrogen (secondary N) is 1. The maximum atomic E-state index is 12.0. The zero-order valence-corrected chi connectivity index (χ0v) is 14.0. The number of pyridine rings is 2. The molecule has 2 heterocycles. The normalized spacial score (nSPS) is 10.4. The number of primary amides is 1. The lowest BCUT2D eigenvalue weighted by atomic mass is 10.2. The molecule has 0 unspecified atom stereocenters. The van der Waals surface area contributed by atoms with Crippen LogP contribution >= 0.6 is 11.8 Å². The SMILES string of the molecule is COCCNC(=O)c1cc(CSc2ncccc2C(N)=O)ccn1. The third-order valence-electron chi connectivity index (χ3n) is 3.06. The lowest BCUT2D eigenvalue weighted by Gasteiger charge is -2.07. The quantitative estimate of drug-likeness (QED) is 0.550. The van der Waals surface area contributed by atoms with Crippen molar-refractivity contribution in [2.24, 2.45) is 5.73 Å². The molecule has 0 saturated carbocycles. The zero-order valence-electron chi connectivity index (χ0n) is 13.2. The number of nitrogens with zero attached hydrogens (tertiary/aromatic N) is 2. The number of nitrogens with two attached hydrogens (primary N) is 1. The molecule has 0 radical (unpaired) electrons. The van der Waals surface area contributed by atoms with Gasteiger partial charge in [-0.05, 0) is 29.8 Å². The number of carbonyl (C=O) groups excluding carboxylic acids is 2. The molecular formula is C16H18N4O3S. The first-order valence-corrected chi connectivity index (χ1v) is 8.20. The van der Waals surface area contributed by atoms with Crippen LogP contribution in [-0.2, 0) is 10.5 Å². The van der Waals surface area contributed by atoms with Gasteiger partial charge in [-0.1, -0.05) is 0 Å². The number of amides is 2. The van der Waals surface area contributed by atoms with Crippen LogP contribution in [0.2, 0.25) is 0 Å². The van der Waals surface area contributed by atoms with Gasteiger partial charge in [0.2, 0.25) is 0 Å². The van der Waals surface area contributed by atoms with Crippen molar-refractivity contribution in [1.29, 1.82) is 0 Å². The molecule has 7 nitrogen and oxygen atoms in total. The molecule has 0 bridgehead atoms. The Hall–Kier alpha value is -2.45. The summed E-state index contributed by atoms with van der Waals surface area (Å²) in [6, 6.07) is 6.83. The third kappa shape index (κ3) is 5.04. The van der Waals surface area contributed by atoms with E-state index in [4.69, 9.17) is 10.5 Å². The summed E-state index contributed by atoms with van der Waals surface area (Å²) in [5.74, 6) is -0.230. The highest BCUT2D eigenvalue weighted by Gasteiger charge is 2.11. The van der Waals surface area contributed by atoms with Gasteiger partial charge in [0.15, 0.2) is 0 Å². The summed E-state index contributed by atoms with van der Waals surface area (Å²) in [7, 11) is 1.57. The Morgan fingerprint density at radius 3 is 2.88 bits per heavy atom. The fourth-order valence-electron chi connectivity index (χ4n) is 1.89. The number of rotatable bonds is 8. The highest BCUT2D eigenvalue weighted by Crippen LogP contribution is 2.24. The molecule has 3 N–H and O–H groups in total. The monoisotopic (exact) mass is 346 g/mol. The molecule has 2 amide bonds. The largest absolute Gasteiger partial charge is 0.383 e. The second kappa shape index (κ2) is 8.99. The predicted molar refractivity (Wildman–Crippen MR) is 90.8 cm³/mol. The Balaban J connectivity index is 2.02. The molecule has 2 rings (SSSR count). The summed E-state index contributed by atoms with van der Waals surface area (Å²) >= 11 is 1.38. The number of aromatic nitrogens is 2. The van der Waals surface area contributed by atoms with Crippen molar-refractivity contribution < 1.29 is 14.3 Å². The molecular weight excluding hydrogens is 328 g/mol.